The molecule has 2 aromatic rings. The fourth-order valence-electron chi connectivity index (χ4n) is 2.07. The number of hydrogen-bond acceptors (Lipinski definition) is 4. The van der Waals surface area contributed by atoms with Crippen LogP contribution in [0.15, 0.2) is 36.4 Å². The van der Waals surface area contributed by atoms with Crippen LogP contribution in [0.5, 0.6) is 0 Å². The number of unbranched alkanes of at least 4 members (excludes halogenated alkanes) is 1. The van der Waals surface area contributed by atoms with Gasteiger partial charge in [0.05, 0.1) is 11.6 Å². The van der Waals surface area contributed by atoms with Crippen molar-refractivity contribution in [2.75, 3.05) is 0 Å². The van der Waals surface area contributed by atoms with Crippen molar-refractivity contribution in [3.05, 3.63) is 42.1 Å². The molecule has 112 valence electrons. The fourth-order valence-corrected chi connectivity index (χ4v) is 2.07. The number of hydrogen-bond donors (Lipinski definition) is 2. The summed E-state index contributed by atoms with van der Waals surface area (Å²) in [4.78, 5) is 27.5. The number of nitrogens with zero attached hydrogens (tertiary/aromatic N) is 2. The number of carbonyl (C=O) groups excluding carboxylic acids is 1. The molecule has 1 aromatic heterocycles. The minimum atomic E-state index is -1.12. The van der Waals surface area contributed by atoms with Crippen LogP contribution >= 0.6 is 0 Å². The molecule has 1 amide bonds. The van der Waals surface area contributed by atoms with E-state index in [4.69, 9.17) is 10.4 Å². The summed E-state index contributed by atoms with van der Waals surface area (Å²) in [5.41, 5.74) is 0.844. The van der Waals surface area contributed by atoms with Crippen LogP contribution in [-0.4, -0.2) is 28.0 Å². The van der Waals surface area contributed by atoms with E-state index >= 15 is 0 Å². The lowest BCUT2D eigenvalue weighted by Crippen LogP contribution is -2.41. The van der Waals surface area contributed by atoms with Crippen LogP contribution in [-0.2, 0) is 4.79 Å². The standard InChI is InChI=1S/C16H15N3O3/c17-10-4-3-7-14(16(21)22)19-15(20)13-9-8-11-5-1-2-6-12(11)18-13/h1-2,5-6,8-9,14H,3-4,7H2,(H,19,20)(H,21,22)/t14-/m0/s1. The number of carboxylic acid groups (broad SMARTS) is 1. The van der Waals surface area contributed by atoms with Crippen molar-refractivity contribution < 1.29 is 14.7 Å². The minimum absolute atomic E-state index is 0.172. The van der Waals surface area contributed by atoms with Crippen LogP contribution in [0.4, 0.5) is 0 Å². The summed E-state index contributed by atoms with van der Waals surface area (Å²) in [7, 11) is 0. The molecule has 0 spiro atoms. The number of rotatable bonds is 6. The van der Waals surface area contributed by atoms with E-state index in [0.717, 1.165) is 5.39 Å². The highest BCUT2D eigenvalue weighted by Crippen LogP contribution is 2.12. The number of nitriles is 1. The predicted octanol–water partition coefficient (Wildman–Crippen LogP) is 2.11. The first-order valence-corrected chi connectivity index (χ1v) is 6.88. The Labute approximate surface area is 127 Å². The zero-order chi connectivity index (χ0) is 15.9. The first-order chi connectivity index (χ1) is 10.6. The summed E-state index contributed by atoms with van der Waals surface area (Å²) in [6, 6.07) is 11.6. The molecule has 2 N–H and O–H groups in total. The molecule has 0 aliphatic heterocycles. The Morgan fingerprint density at radius 1 is 1.27 bits per heavy atom. The molecular weight excluding hydrogens is 282 g/mol. The summed E-state index contributed by atoms with van der Waals surface area (Å²) in [5, 5.41) is 21.0. The molecular formula is C16H15N3O3. The number of nitrogens with one attached hydrogen (secondary N) is 1. The van der Waals surface area contributed by atoms with Crippen molar-refractivity contribution in [3.63, 3.8) is 0 Å². The lowest BCUT2D eigenvalue weighted by atomic mass is 10.1. The van der Waals surface area contributed by atoms with Gasteiger partial charge in [0.2, 0.25) is 0 Å². The maximum atomic E-state index is 12.1. The Morgan fingerprint density at radius 2 is 2.05 bits per heavy atom. The van der Waals surface area contributed by atoms with Crippen LogP contribution in [0.25, 0.3) is 10.9 Å². The Hall–Kier alpha value is -2.94. The lowest BCUT2D eigenvalue weighted by Gasteiger charge is -2.13. The largest absolute Gasteiger partial charge is 0.480 e. The van der Waals surface area contributed by atoms with Crippen LogP contribution < -0.4 is 5.32 Å². The van der Waals surface area contributed by atoms with Gasteiger partial charge < -0.3 is 10.4 Å². The van der Waals surface area contributed by atoms with Crippen LogP contribution in [0.2, 0.25) is 0 Å². The number of amides is 1. The molecule has 0 saturated carbocycles. The van der Waals surface area contributed by atoms with E-state index in [1.165, 1.54) is 0 Å². The predicted molar refractivity (Wildman–Crippen MR) is 80.1 cm³/mol. The van der Waals surface area contributed by atoms with E-state index in [0.29, 0.717) is 11.9 Å². The highest BCUT2D eigenvalue weighted by Gasteiger charge is 2.20. The van der Waals surface area contributed by atoms with Crippen molar-refractivity contribution in [2.45, 2.75) is 25.3 Å². The monoisotopic (exact) mass is 297 g/mol. The number of carboxylic acids is 1. The second-order valence-electron chi connectivity index (χ2n) is 4.80. The second-order valence-corrected chi connectivity index (χ2v) is 4.80. The number of aliphatic carboxylic acids is 1. The maximum absolute atomic E-state index is 12.1. The Morgan fingerprint density at radius 3 is 2.77 bits per heavy atom. The van der Waals surface area contributed by atoms with Gasteiger partial charge in [0, 0.05) is 11.8 Å². The van der Waals surface area contributed by atoms with E-state index in [9.17, 15) is 9.59 Å². The number of fused-ring (bicyclic) bond motifs is 1. The minimum Gasteiger partial charge on any atom is -0.480 e. The first-order valence-electron chi connectivity index (χ1n) is 6.88. The zero-order valence-corrected chi connectivity index (χ0v) is 11.8. The average Bonchev–Trinajstić information content (AvgIpc) is 2.53. The van der Waals surface area contributed by atoms with Crippen molar-refractivity contribution in [2.24, 2.45) is 0 Å². The van der Waals surface area contributed by atoms with E-state index in [2.05, 4.69) is 10.3 Å². The van der Waals surface area contributed by atoms with Crippen molar-refractivity contribution in [1.29, 1.82) is 5.26 Å². The molecule has 0 fully saturated rings. The second kappa shape index (κ2) is 7.18. The van der Waals surface area contributed by atoms with Gasteiger partial charge in [0.25, 0.3) is 5.91 Å². The molecule has 0 radical (unpaired) electrons. The quantitative estimate of drug-likeness (QED) is 0.795. The van der Waals surface area contributed by atoms with Crippen LogP contribution in [0.3, 0.4) is 0 Å². The summed E-state index contributed by atoms with van der Waals surface area (Å²) < 4.78 is 0. The van der Waals surface area contributed by atoms with Crippen molar-refractivity contribution in [1.82, 2.24) is 10.3 Å². The molecule has 0 aliphatic rings. The van der Waals surface area contributed by atoms with Crippen LogP contribution in [0.1, 0.15) is 29.8 Å². The van der Waals surface area contributed by atoms with Gasteiger partial charge in [-0.15, -0.1) is 0 Å². The van der Waals surface area contributed by atoms with Gasteiger partial charge in [0.15, 0.2) is 0 Å². The molecule has 0 bridgehead atoms. The van der Waals surface area contributed by atoms with Gasteiger partial charge in [-0.2, -0.15) is 5.26 Å². The van der Waals surface area contributed by atoms with Gasteiger partial charge in [-0.25, -0.2) is 9.78 Å². The molecule has 0 aliphatic carbocycles. The van der Waals surface area contributed by atoms with Gasteiger partial charge in [-0.05, 0) is 25.0 Å². The highest BCUT2D eigenvalue weighted by molar-refractivity contribution is 5.96. The molecule has 2 rings (SSSR count). The van der Waals surface area contributed by atoms with Crippen molar-refractivity contribution in [3.8, 4) is 6.07 Å². The Kier molecular flexibility index (Phi) is 5.04. The normalized spacial score (nSPS) is 11.6. The summed E-state index contributed by atoms with van der Waals surface area (Å²) in [5.74, 6) is -1.65. The number of benzene rings is 1. The van der Waals surface area contributed by atoms with E-state index in [-0.39, 0.29) is 18.5 Å². The molecule has 6 heteroatoms. The average molecular weight is 297 g/mol. The lowest BCUT2D eigenvalue weighted by molar-refractivity contribution is -0.139. The van der Waals surface area contributed by atoms with E-state index in [1.807, 2.05) is 24.3 Å². The Bertz CT molecular complexity index is 737. The third-order valence-corrected chi connectivity index (χ3v) is 3.22. The van der Waals surface area contributed by atoms with E-state index < -0.39 is 17.9 Å². The third kappa shape index (κ3) is 3.79. The molecule has 1 heterocycles. The zero-order valence-electron chi connectivity index (χ0n) is 11.8. The smallest absolute Gasteiger partial charge is 0.326 e. The first kappa shape index (κ1) is 15.4. The van der Waals surface area contributed by atoms with Crippen LogP contribution in [0, 0.1) is 11.3 Å². The molecule has 0 saturated heterocycles. The Balaban J connectivity index is 2.11. The van der Waals surface area contributed by atoms with Gasteiger partial charge in [0.1, 0.15) is 11.7 Å². The SMILES string of the molecule is N#CCCC[C@H](NC(=O)c1ccc2ccccc2n1)C(=O)O. The number of carbonyl (C=O) groups is 2. The molecule has 1 aromatic carbocycles. The summed E-state index contributed by atoms with van der Waals surface area (Å²) in [6.07, 6.45) is 0.884. The van der Waals surface area contributed by atoms with E-state index in [1.54, 1.807) is 18.2 Å². The van der Waals surface area contributed by atoms with Gasteiger partial charge in [-0.3, -0.25) is 4.79 Å². The van der Waals surface area contributed by atoms with Gasteiger partial charge >= 0.3 is 5.97 Å². The van der Waals surface area contributed by atoms with Crippen molar-refractivity contribution >= 4 is 22.8 Å². The number of pyridine rings is 1. The summed E-state index contributed by atoms with van der Waals surface area (Å²) >= 11 is 0. The molecule has 1 atom stereocenters. The molecule has 22 heavy (non-hydrogen) atoms. The molecule has 0 unspecified atom stereocenters. The molecule has 6 nitrogen and oxygen atoms in total. The topological polar surface area (TPSA) is 103 Å². The third-order valence-electron chi connectivity index (χ3n) is 3.22. The maximum Gasteiger partial charge on any atom is 0.326 e. The number of para-hydroxylation sites is 1. The highest BCUT2D eigenvalue weighted by atomic mass is 16.4. The fraction of sp³-hybridized carbons (Fsp3) is 0.250. The summed E-state index contributed by atoms with van der Waals surface area (Å²) in [6.45, 7) is 0. The number of aromatic nitrogens is 1. The van der Waals surface area contributed by atoms with Gasteiger partial charge in [-0.1, -0.05) is 24.3 Å².